The Labute approximate surface area is 81.3 Å². The first-order valence-corrected chi connectivity index (χ1v) is 5.79. The Morgan fingerprint density at radius 2 is 1.92 bits per heavy atom. The summed E-state index contributed by atoms with van der Waals surface area (Å²) in [6.07, 6.45) is 8.62. The maximum atomic E-state index is 5.71. The highest BCUT2D eigenvalue weighted by atomic mass is 16.5. The molecule has 2 saturated heterocycles. The zero-order chi connectivity index (χ0) is 8.93. The normalized spacial score (nSPS) is 30.9. The van der Waals surface area contributed by atoms with Gasteiger partial charge in [-0.05, 0) is 51.6 Å². The van der Waals surface area contributed by atoms with E-state index >= 15 is 0 Å². The first-order valence-electron chi connectivity index (χ1n) is 5.79. The van der Waals surface area contributed by atoms with E-state index in [1.807, 2.05) is 0 Å². The number of nitrogens with zero attached hydrogens (tertiary/aromatic N) is 1. The lowest BCUT2D eigenvalue weighted by Gasteiger charge is -2.24. The van der Waals surface area contributed by atoms with Gasteiger partial charge in [0.2, 0.25) is 0 Å². The molecule has 13 heavy (non-hydrogen) atoms. The van der Waals surface area contributed by atoms with E-state index in [9.17, 15) is 0 Å². The summed E-state index contributed by atoms with van der Waals surface area (Å²) in [5.41, 5.74) is 0. The Balaban J connectivity index is 1.60. The fourth-order valence-electron chi connectivity index (χ4n) is 2.37. The molecule has 2 fully saturated rings. The third-order valence-corrected chi connectivity index (χ3v) is 3.24. The largest absolute Gasteiger partial charge is 0.378 e. The van der Waals surface area contributed by atoms with Crippen molar-refractivity contribution in [3.63, 3.8) is 0 Å². The van der Waals surface area contributed by atoms with Gasteiger partial charge in [0.1, 0.15) is 0 Å². The molecule has 2 nitrogen and oxygen atoms in total. The molecule has 0 aliphatic carbocycles. The van der Waals surface area contributed by atoms with Crippen molar-refractivity contribution in [3.05, 3.63) is 0 Å². The van der Waals surface area contributed by atoms with Crippen LogP contribution in [0.5, 0.6) is 0 Å². The summed E-state index contributed by atoms with van der Waals surface area (Å²) in [6.45, 7) is 4.93. The molecule has 0 N–H and O–H groups in total. The van der Waals surface area contributed by atoms with Gasteiger partial charge in [-0.25, -0.2) is 0 Å². The van der Waals surface area contributed by atoms with Crippen LogP contribution < -0.4 is 0 Å². The van der Waals surface area contributed by atoms with Gasteiger partial charge in [0.05, 0.1) is 6.10 Å². The third-order valence-electron chi connectivity index (χ3n) is 3.24. The van der Waals surface area contributed by atoms with E-state index in [4.69, 9.17) is 4.74 Å². The van der Waals surface area contributed by atoms with Crippen LogP contribution in [0.1, 0.15) is 38.5 Å². The van der Waals surface area contributed by atoms with E-state index in [0.29, 0.717) is 6.10 Å². The SMILES string of the molecule is C1CCC(CCN2CCCC2)OC1. The van der Waals surface area contributed by atoms with Crippen LogP contribution in [0.25, 0.3) is 0 Å². The van der Waals surface area contributed by atoms with Crippen molar-refractivity contribution < 1.29 is 4.74 Å². The molecule has 0 aromatic heterocycles. The van der Waals surface area contributed by atoms with Crippen molar-refractivity contribution in [2.75, 3.05) is 26.2 Å². The number of ether oxygens (including phenoxy) is 1. The molecule has 2 aliphatic heterocycles. The summed E-state index contributed by atoms with van der Waals surface area (Å²) >= 11 is 0. The minimum absolute atomic E-state index is 0.578. The minimum atomic E-state index is 0.578. The molecule has 2 heterocycles. The Bertz CT molecular complexity index is 137. The fourth-order valence-corrected chi connectivity index (χ4v) is 2.37. The molecule has 0 amide bonds. The lowest BCUT2D eigenvalue weighted by molar-refractivity contribution is 0.00665. The summed E-state index contributed by atoms with van der Waals surface area (Å²) in [4.78, 5) is 2.58. The standard InChI is InChI=1S/C11H21NO/c1-4-10-13-11(5-1)6-9-12-7-2-3-8-12/h11H,1-10H2. The highest BCUT2D eigenvalue weighted by molar-refractivity contribution is 4.70. The molecule has 0 spiro atoms. The van der Waals surface area contributed by atoms with Crippen LogP contribution >= 0.6 is 0 Å². The van der Waals surface area contributed by atoms with E-state index < -0.39 is 0 Å². The summed E-state index contributed by atoms with van der Waals surface area (Å²) in [5.74, 6) is 0. The van der Waals surface area contributed by atoms with Crippen LogP contribution in [0.3, 0.4) is 0 Å². The Morgan fingerprint density at radius 3 is 2.62 bits per heavy atom. The number of hydrogen-bond acceptors (Lipinski definition) is 2. The van der Waals surface area contributed by atoms with Crippen molar-refractivity contribution in [2.45, 2.75) is 44.6 Å². The lowest BCUT2D eigenvalue weighted by Crippen LogP contribution is -2.27. The molecular formula is C11H21NO. The molecule has 0 saturated carbocycles. The maximum Gasteiger partial charge on any atom is 0.0587 e. The van der Waals surface area contributed by atoms with E-state index in [1.165, 1.54) is 58.2 Å². The average Bonchev–Trinajstić information content (AvgIpc) is 2.69. The van der Waals surface area contributed by atoms with E-state index in [-0.39, 0.29) is 0 Å². The first kappa shape index (κ1) is 9.47. The molecule has 2 aliphatic rings. The van der Waals surface area contributed by atoms with Crippen molar-refractivity contribution in [2.24, 2.45) is 0 Å². The molecule has 1 unspecified atom stereocenters. The van der Waals surface area contributed by atoms with Gasteiger partial charge >= 0.3 is 0 Å². The van der Waals surface area contributed by atoms with Crippen LogP contribution in [-0.4, -0.2) is 37.2 Å². The predicted molar refractivity (Wildman–Crippen MR) is 53.9 cm³/mol. The highest BCUT2D eigenvalue weighted by Gasteiger charge is 2.16. The fraction of sp³-hybridized carbons (Fsp3) is 1.00. The average molecular weight is 183 g/mol. The van der Waals surface area contributed by atoms with Gasteiger partial charge in [-0.15, -0.1) is 0 Å². The van der Waals surface area contributed by atoms with Gasteiger partial charge < -0.3 is 9.64 Å². The molecular weight excluding hydrogens is 162 g/mol. The smallest absolute Gasteiger partial charge is 0.0587 e. The summed E-state index contributed by atoms with van der Waals surface area (Å²) in [6, 6.07) is 0. The number of likely N-dealkylation sites (tertiary alicyclic amines) is 1. The van der Waals surface area contributed by atoms with Gasteiger partial charge in [0, 0.05) is 13.2 Å². The van der Waals surface area contributed by atoms with Crippen LogP contribution in [0.2, 0.25) is 0 Å². The van der Waals surface area contributed by atoms with E-state index in [2.05, 4.69) is 4.90 Å². The lowest BCUT2D eigenvalue weighted by atomic mass is 10.1. The Morgan fingerprint density at radius 1 is 1.08 bits per heavy atom. The van der Waals surface area contributed by atoms with Crippen molar-refractivity contribution in [3.8, 4) is 0 Å². The molecule has 1 atom stereocenters. The zero-order valence-electron chi connectivity index (χ0n) is 8.50. The van der Waals surface area contributed by atoms with Gasteiger partial charge in [-0.2, -0.15) is 0 Å². The summed E-state index contributed by atoms with van der Waals surface area (Å²) in [5, 5.41) is 0. The molecule has 0 radical (unpaired) electrons. The second-order valence-electron chi connectivity index (χ2n) is 4.33. The minimum Gasteiger partial charge on any atom is -0.378 e. The predicted octanol–water partition coefficient (Wildman–Crippen LogP) is 2.04. The van der Waals surface area contributed by atoms with E-state index in [0.717, 1.165) is 6.61 Å². The molecule has 0 aromatic carbocycles. The van der Waals surface area contributed by atoms with Crippen molar-refractivity contribution >= 4 is 0 Å². The van der Waals surface area contributed by atoms with E-state index in [1.54, 1.807) is 0 Å². The number of hydrogen-bond donors (Lipinski definition) is 0. The second-order valence-corrected chi connectivity index (χ2v) is 4.33. The first-order chi connectivity index (χ1) is 6.45. The summed E-state index contributed by atoms with van der Waals surface area (Å²) < 4.78 is 5.71. The molecule has 2 heteroatoms. The molecule has 0 bridgehead atoms. The van der Waals surface area contributed by atoms with Gasteiger partial charge in [0.15, 0.2) is 0 Å². The second kappa shape index (κ2) is 4.97. The van der Waals surface area contributed by atoms with Crippen molar-refractivity contribution in [1.82, 2.24) is 4.90 Å². The zero-order valence-corrected chi connectivity index (χ0v) is 8.50. The topological polar surface area (TPSA) is 12.5 Å². The molecule has 76 valence electrons. The number of rotatable bonds is 3. The van der Waals surface area contributed by atoms with Crippen molar-refractivity contribution in [1.29, 1.82) is 0 Å². The van der Waals surface area contributed by atoms with Gasteiger partial charge in [-0.3, -0.25) is 0 Å². The Hall–Kier alpha value is -0.0800. The monoisotopic (exact) mass is 183 g/mol. The van der Waals surface area contributed by atoms with Crippen LogP contribution in [-0.2, 0) is 4.74 Å². The maximum absolute atomic E-state index is 5.71. The van der Waals surface area contributed by atoms with Crippen LogP contribution in [0, 0.1) is 0 Å². The summed E-state index contributed by atoms with van der Waals surface area (Å²) in [7, 11) is 0. The molecule has 2 rings (SSSR count). The van der Waals surface area contributed by atoms with Gasteiger partial charge in [-0.1, -0.05) is 0 Å². The Kier molecular flexibility index (Phi) is 3.62. The van der Waals surface area contributed by atoms with Crippen LogP contribution in [0.15, 0.2) is 0 Å². The third kappa shape index (κ3) is 2.96. The highest BCUT2D eigenvalue weighted by Crippen LogP contribution is 2.17. The quantitative estimate of drug-likeness (QED) is 0.664. The van der Waals surface area contributed by atoms with Gasteiger partial charge in [0.25, 0.3) is 0 Å². The van der Waals surface area contributed by atoms with Crippen LogP contribution in [0.4, 0.5) is 0 Å². The molecule has 0 aromatic rings.